The fourth-order valence-electron chi connectivity index (χ4n) is 4.05. The van der Waals surface area contributed by atoms with Gasteiger partial charge in [-0.2, -0.15) is 5.10 Å². The first-order valence-corrected chi connectivity index (χ1v) is 10.6. The van der Waals surface area contributed by atoms with Crippen molar-refractivity contribution in [3.8, 4) is 5.75 Å². The Morgan fingerprint density at radius 2 is 2.17 bits per heavy atom. The lowest BCUT2D eigenvalue weighted by Gasteiger charge is -2.42. The van der Waals surface area contributed by atoms with E-state index in [1.165, 1.54) is 11.3 Å². The Bertz CT molecular complexity index is 899. The van der Waals surface area contributed by atoms with Gasteiger partial charge in [-0.1, -0.05) is 17.7 Å². The van der Waals surface area contributed by atoms with E-state index in [0.29, 0.717) is 30.0 Å². The number of carbonyl (C=O) groups is 1. The zero-order valence-corrected chi connectivity index (χ0v) is 18.9. The normalized spacial score (nSPS) is 19.9. The number of halogens is 1. The molecule has 0 spiro atoms. The highest BCUT2D eigenvalue weighted by atomic mass is 35.5. The van der Waals surface area contributed by atoms with Crippen LogP contribution >= 0.6 is 11.6 Å². The predicted octanol–water partition coefficient (Wildman–Crippen LogP) is 3.26. The molecule has 0 radical (unpaired) electrons. The maximum absolute atomic E-state index is 11.8. The summed E-state index contributed by atoms with van der Waals surface area (Å²) in [5, 5.41) is 5.28. The number of carbonyl (C=O) groups excluding carboxylic acids is 1. The first kappa shape index (κ1) is 22.6. The summed E-state index contributed by atoms with van der Waals surface area (Å²) in [4.78, 5) is 14.1. The van der Waals surface area contributed by atoms with Crippen molar-refractivity contribution in [3.05, 3.63) is 46.2 Å². The lowest BCUT2D eigenvalue weighted by molar-refractivity contribution is -0.148. The van der Waals surface area contributed by atoms with Crippen LogP contribution in [0.4, 0.5) is 0 Å². The minimum atomic E-state index is -0.803. The molecule has 2 N–H and O–H groups in total. The first-order chi connectivity index (χ1) is 14.2. The van der Waals surface area contributed by atoms with Crippen molar-refractivity contribution < 1.29 is 14.3 Å². The van der Waals surface area contributed by atoms with Gasteiger partial charge in [0.05, 0.1) is 18.7 Å². The number of rotatable bonds is 8. The second-order valence-corrected chi connectivity index (χ2v) is 8.76. The molecule has 0 saturated carbocycles. The Kier molecular flexibility index (Phi) is 7.06. The quantitative estimate of drug-likeness (QED) is 0.689. The maximum Gasteiger partial charge on any atom is 0.220 e. The van der Waals surface area contributed by atoms with Gasteiger partial charge in [0.25, 0.3) is 0 Å². The second kappa shape index (κ2) is 9.37. The summed E-state index contributed by atoms with van der Waals surface area (Å²) < 4.78 is 14.1. The number of morpholine rings is 1. The maximum atomic E-state index is 11.8. The summed E-state index contributed by atoms with van der Waals surface area (Å²) in [5.41, 5.74) is 8.17. The molecule has 1 aliphatic rings. The number of nitrogens with two attached hydrogens (primary N) is 1. The minimum Gasteiger partial charge on any atom is -0.490 e. The van der Waals surface area contributed by atoms with Crippen molar-refractivity contribution in [2.24, 2.45) is 5.73 Å². The molecule has 1 aliphatic heterocycles. The summed E-state index contributed by atoms with van der Waals surface area (Å²) >= 11 is 6.05. The van der Waals surface area contributed by atoms with Gasteiger partial charge in [0.1, 0.15) is 18.0 Å². The molecule has 0 aliphatic carbocycles. The Hall–Kier alpha value is -2.09. The van der Waals surface area contributed by atoms with Gasteiger partial charge in [0.2, 0.25) is 5.91 Å². The van der Waals surface area contributed by atoms with Gasteiger partial charge in [-0.15, -0.1) is 0 Å². The molecule has 164 valence electrons. The molecule has 7 nitrogen and oxygen atoms in total. The molecule has 0 unspecified atom stereocenters. The highest BCUT2D eigenvalue weighted by molar-refractivity contribution is 6.30. The van der Waals surface area contributed by atoms with E-state index in [9.17, 15) is 4.79 Å². The zero-order chi connectivity index (χ0) is 21.9. The Balaban J connectivity index is 1.76. The van der Waals surface area contributed by atoms with E-state index in [1.54, 1.807) is 12.1 Å². The monoisotopic (exact) mass is 434 g/mol. The van der Waals surface area contributed by atoms with Crippen molar-refractivity contribution in [3.63, 3.8) is 0 Å². The number of hydrogen-bond donors (Lipinski definition) is 1. The average molecular weight is 435 g/mol. The standard InChI is InChI=1S/C22H31ClN4O3/c1-15(2)27-17(4)20(16(3)25-27)12-26-8-9-30-22(13-26,11-21(24)28)14-29-19-7-5-6-18(23)10-19/h5-7,10,15H,8-9,11-14H2,1-4H3,(H2,24,28)/t22-/m1/s1. The second-order valence-electron chi connectivity index (χ2n) is 8.32. The van der Waals surface area contributed by atoms with Gasteiger partial charge < -0.3 is 15.2 Å². The number of benzene rings is 1. The Morgan fingerprint density at radius 1 is 1.40 bits per heavy atom. The molecular weight excluding hydrogens is 404 g/mol. The van der Waals surface area contributed by atoms with Crippen LogP contribution in [-0.4, -0.2) is 52.5 Å². The molecule has 30 heavy (non-hydrogen) atoms. The third-order valence-corrected chi connectivity index (χ3v) is 5.70. The van der Waals surface area contributed by atoms with E-state index in [0.717, 1.165) is 18.8 Å². The van der Waals surface area contributed by atoms with Gasteiger partial charge in [0, 0.05) is 42.0 Å². The third kappa shape index (κ3) is 5.33. The van der Waals surface area contributed by atoms with Crippen LogP contribution in [0.15, 0.2) is 24.3 Å². The summed E-state index contributed by atoms with van der Waals surface area (Å²) in [6, 6.07) is 7.49. The molecule has 2 aromatic rings. The van der Waals surface area contributed by atoms with Crippen molar-refractivity contribution in [2.45, 2.75) is 52.3 Å². The summed E-state index contributed by atoms with van der Waals surface area (Å²) in [7, 11) is 0. The van der Waals surface area contributed by atoms with Gasteiger partial charge in [-0.05, 0) is 45.9 Å². The molecule has 1 aromatic heterocycles. The van der Waals surface area contributed by atoms with E-state index in [2.05, 4.69) is 30.4 Å². The molecule has 3 rings (SSSR count). The van der Waals surface area contributed by atoms with E-state index in [-0.39, 0.29) is 13.0 Å². The molecule has 0 bridgehead atoms. The van der Waals surface area contributed by atoms with Crippen LogP contribution in [0.25, 0.3) is 0 Å². The van der Waals surface area contributed by atoms with E-state index < -0.39 is 11.5 Å². The van der Waals surface area contributed by atoms with Gasteiger partial charge in [-0.3, -0.25) is 14.4 Å². The van der Waals surface area contributed by atoms with Crippen LogP contribution in [0.3, 0.4) is 0 Å². The van der Waals surface area contributed by atoms with Crippen LogP contribution < -0.4 is 10.5 Å². The third-order valence-electron chi connectivity index (χ3n) is 5.47. The Morgan fingerprint density at radius 3 is 2.80 bits per heavy atom. The van der Waals surface area contributed by atoms with Crippen LogP contribution in [0.1, 0.15) is 43.3 Å². The van der Waals surface area contributed by atoms with E-state index in [1.807, 2.05) is 19.1 Å². The van der Waals surface area contributed by atoms with Gasteiger partial charge in [-0.25, -0.2) is 0 Å². The predicted molar refractivity (Wildman–Crippen MR) is 117 cm³/mol. The van der Waals surface area contributed by atoms with Crippen LogP contribution in [-0.2, 0) is 16.1 Å². The molecule has 1 saturated heterocycles. The summed E-state index contributed by atoms with van der Waals surface area (Å²) in [6.07, 6.45) is 0.0906. The molecule has 8 heteroatoms. The highest BCUT2D eigenvalue weighted by Crippen LogP contribution is 2.27. The number of amides is 1. The molecule has 2 heterocycles. The van der Waals surface area contributed by atoms with Gasteiger partial charge >= 0.3 is 0 Å². The number of aromatic nitrogens is 2. The van der Waals surface area contributed by atoms with Crippen LogP contribution in [0, 0.1) is 13.8 Å². The lowest BCUT2D eigenvalue weighted by Crippen LogP contribution is -2.56. The molecule has 1 fully saturated rings. The minimum absolute atomic E-state index is 0.0906. The number of aryl methyl sites for hydroxylation is 1. The summed E-state index contributed by atoms with van der Waals surface area (Å²) in [6.45, 7) is 11.2. The van der Waals surface area contributed by atoms with Crippen molar-refractivity contribution in [1.29, 1.82) is 0 Å². The zero-order valence-electron chi connectivity index (χ0n) is 18.2. The van der Waals surface area contributed by atoms with Crippen molar-refractivity contribution >= 4 is 17.5 Å². The van der Waals surface area contributed by atoms with E-state index in [4.69, 9.17) is 31.9 Å². The molecule has 1 atom stereocenters. The Labute approximate surface area is 183 Å². The first-order valence-electron chi connectivity index (χ1n) is 10.3. The molecular formula is C22H31ClN4O3. The smallest absolute Gasteiger partial charge is 0.220 e. The molecule has 1 amide bonds. The number of primary amides is 1. The van der Waals surface area contributed by atoms with Gasteiger partial charge in [0.15, 0.2) is 0 Å². The number of ether oxygens (including phenoxy) is 2. The van der Waals surface area contributed by atoms with Crippen molar-refractivity contribution in [2.75, 3.05) is 26.3 Å². The fourth-order valence-corrected chi connectivity index (χ4v) is 4.23. The van der Waals surface area contributed by atoms with E-state index >= 15 is 0 Å². The largest absolute Gasteiger partial charge is 0.490 e. The SMILES string of the molecule is Cc1nn(C(C)C)c(C)c1CN1CCO[C@](COc2cccc(Cl)c2)(CC(N)=O)C1. The van der Waals surface area contributed by atoms with Crippen LogP contribution in [0.5, 0.6) is 5.75 Å². The van der Waals surface area contributed by atoms with Crippen LogP contribution in [0.2, 0.25) is 5.02 Å². The lowest BCUT2D eigenvalue weighted by atomic mass is 9.97. The summed E-state index contributed by atoms with van der Waals surface area (Å²) in [5.74, 6) is 0.225. The average Bonchev–Trinajstić information content (AvgIpc) is 2.95. The highest BCUT2D eigenvalue weighted by Gasteiger charge is 2.39. The van der Waals surface area contributed by atoms with Crippen molar-refractivity contribution in [1.82, 2.24) is 14.7 Å². The topological polar surface area (TPSA) is 82.6 Å². The number of nitrogens with zero attached hydrogens (tertiary/aromatic N) is 3. The number of hydrogen-bond acceptors (Lipinski definition) is 5. The molecule has 1 aromatic carbocycles. The fraction of sp³-hybridized carbons (Fsp3) is 0.545.